The predicted molar refractivity (Wildman–Crippen MR) is 67.6 cm³/mol. The second-order valence-electron chi connectivity index (χ2n) is 4.07. The van der Waals surface area contributed by atoms with Gasteiger partial charge in [-0.05, 0) is 24.3 Å². The van der Waals surface area contributed by atoms with Crippen LogP contribution in [0.5, 0.6) is 0 Å². The third-order valence-electron chi connectivity index (χ3n) is 2.75. The van der Waals surface area contributed by atoms with E-state index in [-0.39, 0.29) is 21.8 Å². The smallest absolute Gasteiger partial charge is 0.278 e. The Morgan fingerprint density at radius 1 is 1.05 bits per heavy atom. The van der Waals surface area contributed by atoms with Gasteiger partial charge < -0.3 is 0 Å². The molecule has 0 aliphatic carbocycles. The first-order valence-corrected chi connectivity index (χ1v) is 6.97. The SMILES string of the molecule is O=C1NC(=O)c2cc(NS(=O)(=O)c3ccn[nH]3)ccc21. The number of aromatic nitrogens is 2. The van der Waals surface area contributed by atoms with Crippen LogP contribution >= 0.6 is 0 Å². The van der Waals surface area contributed by atoms with Crippen molar-refractivity contribution >= 4 is 27.5 Å². The minimum Gasteiger partial charge on any atom is -0.288 e. The van der Waals surface area contributed by atoms with E-state index in [0.717, 1.165) is 0 Å². The van der Waals surface area contributed by atoms with Crippen LogP contribution in [0.3, 0.4) is 0 Å². The Hall–Kier alpha value is -2.68. The van der Waals surface area contributed by atoms with Crippen molar-refractivity contribution in [1.82, 2.24) is 15.5 Å². The van der Waals surface area contributed by atoms with Crippen LogP contribution in [-0.2, 0) is 10.0 Å². The lowest BCUT2D eigenvalue weighted by Gasteiger charge is -2.06. The number of carbonyl (C=O) groups excluding carboxylic acids is 2. The molecule has 1 aliphatic rings. The second-order valence-corrected chi connectivity index (χ2v) is 5.72. The van der Waals surface area contributed by atoms with Crippen molar-refractivity contribution in [2.45, 2.75) is 5.03 Å². The Morgan fingerprint density at radius 3 is 2.50 bits per heavy atom. The molecule has 20 heavy (non-hydrogen) atoms. The summed E-state index contributed by atoms with van der Waals surface area (Å²) in [6.07, 6.45) is 1.31. The number of H-pyrrole nitrogens is 1. The van der Waals surface area contributed by atoms with Crippen LogP contribution in [0.4, 0.5) is 5.69 Å². The Balaban J connectivity index is 1.96. The normalized spacial score (nSPS) is 14.0. The van der Waals surface area contributed by atoms with E-state index in [0.29, 0.717) is 0 Å². The van der Waals surface area contributed by atoms with Crippen molar-refractivity contribution < 1.29 is 18.0 Å². The number of nitrogens with zero attached hydrogens (tertiary/aromatic N) is 1. The number of hydrogen-bond donors (Lipinski definition) is 3. The molecule has 2 aromatic rings. The molecule has 0 saturated carbocycles. The van der Waals surface area contributed by atoms with Crippen molar-refractivity contribution in [3.8, 4) is 0 Å². The van der Waals surface area contributed by atoms with Crippen molar-refractivity contribution in [1.29, 1.82) is 0 Å². The highest BCUT2D eigenvalue weighted by atomic mass is 32.2. The highest BCUT2D eigenvalue weighted by Crippen LogP contribution is 2.22. The number of benzene rings is 1. The summed E-state index contributed by atoms with van der Waals surface area (Å²) in [7, 11) is -3.80. The maximum absolute atomic E-state index is 12.0. The van der Waals surface area contributed by atoms with E-state index < -0.39 is 21.8 Å². The highest BCUT2D eigenvalue weighted by molar-refractivity contribution is 7.92. The van der Waals surface area contributed by atoms with Gasteiger partial charge in [-0.3, -0.25) is 24.7 Å². The predicted octanol–water partition coefficient (Wildman–Crippen LogP) is 0.0941. The van der Waals surface area contributed by atoms with Gasteiger partial charge in [0.15, 0.2) is 5.03 Å². The third-order valence-corrected chi connectivity index (χ3v) is 4.06. The second kappa shape index (κ2) is 4.17. The van der Waals surface area contributed by atoms with E-state index in [1.54, 1.807) is 0 Å². The molecule has 0 atom stereocenters. The van der Waals surface area contributed by atoms with Crippen LogP contribution in [-0.4, -0.2) is 30.4 Å². The molecular weight excluding hydrogens is 284 g/mol. The molecule has 1 aromatic heterocycles. The lowest BCUT2D eigenvalue weighted by molar-refractivity contribution is 0.0879. The lowest BCUT2D eigenvalue weighted by Crippen LogP contribution is -2.19. The molecule has 1 aromatic carbocycles. The van der Waals surface area contributed by atoms with Gasteiger partial charge in [0.05, 0.1) is 17.3 Å². The van der Waals surface area contributed by atoms with Crippen molar-refractivity contribution in [3.63, 3.8) is 0 Å². The van der Waals surface area contributed by atoms with Crippen LogP contribution in [0.15, 0.2) is 35.5 Å². The average Bonchev–Trinajstić information content (AvgIpc) is 2.99. The van der Waals surface area contributed by atoms with Crippen LogP contribution in [0, 0.1) is 0 Å². The third kappa shape index (κ3) is 1.93. The molecule has 102 valence electrons. The summed E-state index contributed by atoms with van der Waals surface area (Å²) >= 11 is 0. The minimum atomic E-state index is -3.80. The fourth-order valence-corrected chi connectivity index (χ4v) is 2.79. The number of hydrogen-bond acceptors (Lipinski definition) is 5. The van der Waals surface area contributed by atoms with Crippen LogP contribution < -0.4 is 10.0 Å². The van der Waals surface area contributed by atoms with Crippen molar-refractivity contribution in [2.75, 3.05) is 4.72 Å². The molecule has 0 saturated heterocycles. The summed E-state index contributed by atoms with van der Waals surface area (Å²) < 4.78 is 26.2. The molecule has 8 nitrogen and oxygen atoms in total. The zero-order chi connectivity index (χ0) is 14.3. The Morgan fingerprint density at radius 2 is 1.80 bits per heavy atom. The molecule has 0 unspecified atom stereocenters. The lowest BCUT2D eigenvalue weighted by atomic mass is 10.1. The fraction of sp³-hybridized carbons (Fsp3) is 0. The summed E-state index contributed by atoms with van der Waals surface area (Å²) in [6.45, 7) is 0. The van der Waals surface area contributed by atoms with Crippen molar-refractivity contribution in [2.24, 2.45) is 0 Å². The number of sulfonamides is 1. The average molecular weight is 292 g/mol. The molecule has 0 bridgehead atoms. The van der Waals surface area contributed by atoms with E-state index in [9.17, 15) is 18.0 Å². The standard InChI is InChI=1S/C11H8N4O4S/c16-10-7-2-1-6(5-8(7)11(17)13-10)15-20(18,19)9-3-4-12-14-9/h1-5,15H,(H,12,14)(H,13,16,17). The number of anilines is 1. The molecular formula is C11H8N4O4S. The summed E-state index contributed by atoms with van der Waals surface area (Å²) in [5, 5.41) is 7.92. The maximum Gasteiger partial charge on any atom is 0.278 e. The number of rotatable bonds is 3. The molecule has 2 amide bonds. The topological polar surface area (TPSA) is 121 Å². The quantitative estimate of drug-likeness (QED) is 0.692. The van der Waals surface area contributed by atoms with Gasteiger partial charge in [0.25, 0.3) is 21.8 Å². The van der Waals surface area contributed by atoms with E-state index in [2.05, 4.69) is 20.2 Å². The van der Waals surface area contributed by atoms with Crippen LogP contribution in [0.25, 0.3) is 0 Å². The summed E-state index contributed by atoms with van der Waals surface area (Å²) in [6, 6.07) is 5.40. The monoisotopic (exact) mass is 292 g/mol. The maximum atomic E-state index is 12.0. The number of amides is 2. The molecule has 0 radical (unpaired) electrons. The van der Waals surface area contributed by atoms with Gasteiger partial charge in [-0.1, -0.05) is 0 Å². The van der Waals surface area contributed by atoms with Gasteiger partial charge in [-0.15, -0.1) is 0 Å². The Labute approximate surface area is 113 Å². The summed E-state index contributed by atoms with van der Waals surface area (Å²) in [4.78, 5) is 22.9. The number of aromatic amines is 1. The first-order chi connectivity index (χ1) is 9.47. The van der Waals surface area contributed by atoms with Gasteiger partial charge in [-0.25, -0.2) is 0 Å². The van der Waals surface area contributed by atoms with Crippen LogP contribution in [0.1, 0.15) is 20.7 Å². The molecule has 0 fully saturated rings. The minimum absolute atomic E-state index is 0.0986. The Bertz CT molecular complexity index is 811. The molecule has 9 heteroatoms. The first kappa shape index (κ1) is 12.4. The van der Waals surface area contributed by atoms with Crippen molar-refractivity contribution in [3.05, 3.63) is 41.6 Å². The molecule has 3 N–H and O–H groups in total. The van der Waals surface area contributed by atoms with Crippen LogP contribution in [0.2, 0.25) is 0 Å². The summed E-state index contributed by atoms with van der Waals surface area (Å²) in [5.41, 5.74) is 0.544. The Kier molecular flexibility index (Phi) is 2.57. The molecule has 1 aliphatic heterocycles. The van der Waals surface area contributed by atoms with Gasteiger partial charge in [0, 0.05) is 5.69 Å². The molecule has 3 rings (SSSR count). The number of carbonyl (C=O) groups is 2. The summed E-state index contributed by atoms with van der Waals surface area (Å²) in [5.74, 6) is -1.04. The largest absolute Gasteiger partial charge is 0.288 e. The number of fused-ring (bicyclic) bond motifs is 1. The van der Waals surface area contributed by atoms with Gasteiger partial charge in [-0.2, -0.15) is 13.5 Å². The molecule has 2 heterocycles. The van der Waals surface area contributed by atoms with E-state index in [1.165, 1.54) is 30.5 Å². The highest BCUT2D eigenvalue weighted by Gasteiger charge is 2.27. The molecule has 0 spiro atoms. The zero-order valence-electron chi connectivity index (χ0n) is 9.88. The fourth-order valence-electron chi connectivity index (χ4n) is 1.83. The number of nitrogens with one attached hydrogen (secondary N) is 3. The zero-order valence-corrected chi connectivity index (χ0v) is 10.7. The van der Waals surface area contributed by atoms with E-state index in [1.807, 2.05) is 0 Å². The van der Waals surface area contributed by atoms with Gasteiger partial charge in [0.1, 0.15) is 0 Å². The first-order valence-electron chi connectivity index (χ1n) is 5.49. The number of imide groups is 1. The van der Waals surface area contributed by atoms with Gasteiger partial charge >= 0.3 is 0 Å². The van der Waals surface area contributed by atoms with E-state index in [4.69, 9.17) is 0 Å². The van der Waals surface area contributed by atoms with E-state index >= 15 is 0 Å². The van der Waals surface area contributed by atoms with Gasteiger partial charge in [0.2, 0.25) is 0 Å².